The monoisotopic (exact) mass is 338 g/mol. The molecule has 0 bridgehead atoms. The number of benzene rings is 2. The minimum atomic E-state index is -0.873. The summed E-state index contributed by atoms with van der Waals surface area (Å²) in [5, 5.41) is 9.82. The van der Waals surface area contributed by atoms with Gasteiger partial charge in [0.25, 0.3) is 0 Å². The molecule has 0 amide bonds. The third kappa shape index (κ3) is 3.29. The van der Waals surface area contributed by atoms with Crippen LogP contribution >= 0.6 is 0 Å². The number of rotatable bonds is 6. The maximum atomic E-state index is 12.7. The summed E-state index contributed by atoms with van der Waals surface area (Å²) in [6.45, 7) is 2.30. The average Bonchev–Trinajstić information content (AvgIpc) is 2.60. The second kappa shape index (κ2) is 7.51. The number of carboxylic acid groups (broad SMARTS) is 1. The van der Waals surface area contributed by atoms with Crippen molar-refractivity contribution >= 4 is 11.9 Å². The molecule has 0 heterocycles. The van der Waals surface area contributed by atoms with Gasteiger partial charge in [-0.25, -0.2) is 0 Å². The topological polar surface area (TPSA) is 63.6 Å². The quantitative estimate of drug-likeness (QED) is 0.813. The fraction of sp³-hybridized carbons (Fsp3) is 0.333. The number of carbonyl (C=O) groups is 2. The summed E-state index contributed by atoms with van der Waals surface area (Å²) in [4.78, 5) is 24.7. The Morgan fingerprint density at radius 2 is 1.36 bits per heavy atom. The first-order chi connectivity index (χ1) is 12.1. The highest BCUT2D eigenvalue weighted by Gasteiger charge is 2.59. The van der Waals surface area contributed by atoms with Gasteiger partial charge in [0.2, 0.25) is 0 Å². The van der Waals surface area contributed by atoms with Crippen molar-refractivity contribution in [3.05, 3.63) is 71.8 Å². The van der Waals surface area contributed by atoms with Gasteiger partial charge in [0.1, 0.15) is 0 Å². The van der Waals surface area contributed by atoms with Gasteiger partial charge in [0.05, 0.1) is 18.4 Å². The molecule has 2 atom stereocenters. The van der Waals surface area contributed by atoms with Crippen molar-refractivity contribution in [1.82, 2.24) is 0 Å². The summed E-state index contributed by atoms with van der Waals surface area (Å²) in [7, 11) is 0. The maximum Gasteiger partial charge on any atom is 0.310 e. The molecule has 1 aliphatic carbocycles. The van der Waals surface area contributed by atoms with E-state index in [4.69, 9.17) is 4.74 Å². The van der Waals surface area contributed by atoms with Crippen molar-refractivity contribution in [3.8, 4) is 0 Å². The zero-order valence-electron chi connectivity index (χ0n) is 14.2. The Hall–Kier alpha value is -2.62. The largest absolute Gasteiger partial charge is 0.481 e. The number of esters is 1. The van der Waals surface area contributed by atoms with Crippen LogP contribution in [0.15, 0.2) is 60.7 Å². The molecule has 25 heavy (non-hydrogen) atoms. The molecule has 4 nitrogen and oxygen atoms in total. The van der Waals surface area contributed by atoms with E-state index in [9.17, 15) is 14.7 Å². The van der Waals surface area contributed by atoms with Crippen LogP contribution < -0.4 is 0 Å². The molecule has 1 fully saturated rings. The van der Waals surface area contributed by atoms with Gasteiger partial charge in [-0.2, -0.15) is 0 Å². The van der Waals surface area contributed by atoms with Gasteiger partial charge in [-0.05, 0) is 17.5 Å². The summed E-state index contributed by atoms with van der Waals surface area (Å²) in [5.74, 6) is -3.02. The highest BCUT2D eigenvalue weighted by molar-refractivity contribution is 5.84. The molecule has 2 aromatic carbocycles. The van der Waals surface area contributed by atoms with Crippen molar-refractivity contribution in [2.75, 3.05) is 6.61 Å². The number of hydrogen-bond acceptors (Lipinski definition) is 3. The first kappa shape index (κ1) is 17.2. The van der Waals surface area contributed by atoms with Gasteiger partial charge >= 0.3 is 11.9 Å². The Morgan fingerprint density at radius 1 is 0.880 bits per heavy atom. The molecule has 4 heteroatoms. The molecule has 0 radical (unpaired) electrons. The molecule has 1 aliphatic rings. The van der Waals surface area contributed by atoms with E-state index in [1.165, 1.54) is 0 Å². The van der Waals surface area contributed by atoms with E-state index in [1.807, 2.05) is 67.6 Å². The SMILES string of the molecule is CCCOC(=O)C1C(c2ccccc2)C(C(=O)O)C1c1ccccc1. The van der Waals surface area contributed by atoms with E-state index >= 15 is 0 Å². The summed E-state index contributed by atoms with van der Waals surface area (Å²) in [5.41, 5.74) is 1.75. The lowest BCUT2D eigenvalue weighted by molar-refractivity contribution is -0.164. The van der Waals surface area contributed by atoms with Crippen molar-refractivity contribution in [2.24, 2.45) is 11.8 Å². The van der Waals surface area contributed by atoms with Crippen LogP contribution in [0.4, 0.5) is 0 Å². The molecule has 2 unspecified atom stereocenters. The molecular weight excluding hydrogens is 316 g/mol. The fourth-order valence-corrected chi connectivity index (χ4v) is 3.83. The minimum Gasteiger partial charge on any atom is -0.481 e. The first-order valence-electron chi connectivity index (χ1n) is 8.64. The van der Waals surface area contributed by atoms with Gasteiger partial charge in [0.15, 0.2) is 0 Å². The lowest BCUT2D eigenvalue weighted by atomic mass is 9.52. The van der Waals surface area contributed by atoms with E-state index in [0.717, 1.165) is 17.5 Å². The predicted octanol–water partition coefficient (Wildman–Crippen LogP) is 3.84. The molecule has 130 valence electrons. The molecule has 3 rings (SSSR count). The highest BCUT2D eigenvalue weighted by Crippen LogP contribution is 2.57. The molecule has 2 aromatic rings. The smallest absolute Gasteiger partial charge is 0.310 e. The molecule has 0 saturated heterocycles. The number of aliphatic carboxylic acids is 1. The molecule has 0 aliphatic heterocycles. The van der Waals surface area contributed by atoms with Crippen LogP contribution in [0.25, 0.3) is 0 Å². The number of carboxylic acids is 1. The highest BCUT2D eigenvalue weighted by atomic mass is 16.5. The van der Waals surface area contributed by atoms with Crippen LogP contribution in [0.3, 0.4) is 0 Å². The van der Waals surface area contributed by atoms with Gasteiger partial charge < -0.3 is 9.84 Å². The number of ether oxygens (including phenoxy) is 1. The van der Waals surface area contributed by atoms with Crippen LogP contribution in [0, 0.1) is 11.8 Å². The Balaban J connectivity index is 1.99. The van der Waals surface area contributed by atoms with Gasteiger partial charge in [-0.1, -0.05) is 67.6 Å². The maximum absolute atomic E-state index is 12.7. The van der Waals surface area contributed by atoms with E-state index in [1.54, 1.807) is 0 Å². The van der Waals surface area contributed by atoms with Crippen LogP contribution in [0.5, 0.6) is 0 Å². The lowest BCUT2D eigenvalue weighted by Gasteiger charge is -2.49. The standard InChI is InChI=1S/C21H22O4/c1-2-13-25-21(24)19-16(14-9-5-3-6-10-14)18(20(22)23)17(19)15-11-7-4-8-12-15/h3-12,16-19H,2,13H2,1H3,(H,22,23). The van der Waals surface area contributed by atoms with Gasteiger partial charge in [-0.15, -0.1) is 0 Å². The molecule has 1 saturated carbocycles. The van der Waals surface area contributed by atoms with Crippen molar-refractivity contribution in [1.29, 1.82) is 0 Å². The van der Waals surface area contributed by atoms with E-state index < -0.39 is 17.8 Å². The second-order valence-corrected chi connectivity index (χ2v) is 6.43. The van der Waals surface area contributed by atoms with Gasteiger partial charge in [0, 0.05) is 11.8 Å². The summed E-state index contributed by atoms with van der Waals surface area (Å²) < 4.78 is 5.39. The molecule has 1 N–H and O–H groups in total. The number of hydrogen-bond donors (Lipinski definition) is 1. The van der Waals surface area contributed by atoms with E-state index in [2.05, 4.69) is 0 Å². The molecule has 0 spiro atoms. The molecular formula is C21H22O4. The van der Waals surface area contributed by atoms with Crippen molar-refractivity contribution in [2.45, 2.75) is 25.2 Å². The van der Waals surface area contributed by atoms with Crippen molar-refractivity contribution in [3.63, 3.8) is 0 Å². The summed E-state index contributed by atoms with van der Waals surface area (Å²) in [6.07, 6.45) is 0.743. The van der Waals surface area contributed by atoms with Crippen molar-refractivity contribution < 1.29 is 19.4 Å². The van der Waals surface area contributed by atoms with Crippen LogP contribution in [-0.4, -0.2) is 23.7 Å². The van der Waals surface area contributed by atoms with Crippen LogP contribution in [0.2, 0.25) is 0 Å². The minimum absolute atomic E-state index is 0.304. The lowest BCUT2D eigenvalue weighted by Crippen LogP contribution is -2.51. The van der Waals surface area contributed by atoms with Gasteiger partial charge in [-0.3, -0.25) is 9.59 Å². The third-order valence-electron chi connectivity index (χ3n) is 4.92. The zero-order chi connectivity index (χ0) is 17.8. The normalized spacial score (nSPS) is 25.0. The Bertz CT molecular complexity index is 679. The van der Waals surface area contributed by atoms with E-state index in [0.29, 0.717) is 6.61 Å². The second-order valence-electron chi connectivity index (χ2n) is 6.43. The Labute approximate surface area is 147 Å². The third-order valence-corrected chi connectivity index (χ3v) is 4.92. The first-order valence-corrected chi connectivity index (χ1v) is 8.64. The zero-order valence-corrected chi connectivity index (χ0v) is 14.2. The Kier molecular flexibility index (Phi) is 5.17. The fourth-order valence-electron chi connectivity index (χ4n) is 3.83. The van der Waals surface area contributed by atoms with Crippen LogP contribution in [-0.2, 0) is 14.3 Å². The predicted molar refractivity (Wildman–Crippen MR) is 94.2 cm³/mol. The Morgan fingerprint density at radius 3 is 1.76 bits per heavy atom. The summed E-state index contributed by atoms with van der Waals surface area (Å²) >= 11 is 0. The summed E-state index contributed by atoms with van der Waals surface area (Å²) in [6, 6.07) is 18.8. The number of carbonyl (C=O) groups excluding carboxylic acids is 1. The van der Waals surface area contributed by atoms with Crippen LogP contribution in [0.1, 0.15) is 36.3 Å². The van der Waals surface area contributed by atoms with E-state index in [-0.39, 0.29) is 17.8 Å². The molecule has 0 aromatic heterocycles. The average molecular weight is 338 g/mol.